The summed E-state index contributed by atoms with van der Waals surface area (Å²) < 4.78 is 0. The summed E-state index contributed by atoms with van der Waals surface area (Å²) in [4.78, 5) is 14.5. The van der Waals surface area contributed by atoms with Crippen LogP contribution in [0.4, 0.5) is 5.69 Å². The third-order valence-corrected chi connectivity index (χ3v) is 4.19. The molecule has 0 bridgehead atoms. The molecule has 23 heavy (non-hydrogen) atoms. The molecule has 4 nitrogen and oxygen atoms in total. The Morgan fingerprint density at radius 1 is 0.957 bits per heavy atom. The van der Waals surface area contributed by atoms with Crippen molar-refractivity contribution >= 4 is 11.6 Å². The van der Waals surface area contributed by atoms with E-state index < -0.39 is 0 Å². The van der Waals surface area contributed by atoms with Crippen molar-refractivity contribution in [2.24, 2.45) is 0 Å². The van der Waals surface area contributed by atoms with Gasteiger partial charge in [0.15, 0.2) is 0 Å². The SMILES string of the molecule is O=C(c1ccnnc1)N1CCc2c(-c3ccccc3)cccc21. The molecule has 0 N–H and O–H groups in total. The predicted octanol–water partition coefficient (Wildman–Crippen LogP) is 3.35. The summed E-state index contributed by atoms with van der Waals surface area (Å²) in [7, 11) is 0. The molecule has 0 unspecified atom stereocenters. The number of benzene rings is 2. The lowest BCUT2D eigenvalue weighted by Crippen LogP contribution is -2.28. The number of carbonyl (C=O) groups is 1. The number of hydrogen-bond donors (Lipinski definition) is 0. The van der Waals surface area contributed by atoms with Gasteiger partial charge in [0.1, 0.15) is 0 Å². The van der Waals surface area contributed by atoms with E-state index >= 15 is 0 Å². The predicted molar refractivity (Wildman–Crippen MR) is 89.3 cm³/mol. The number of fused-ring (bicyclic) bond motifs is 1. The van der Waals surface area contributed by atoms with E-state index in [0.29, 0.717) is 12.1 Å². The fraction of sp³-hybridized carbons (Fsp3) is 0.105. The molecule has 2 aromatic carbocycles. The van der Waals surface area contributed by atoms with Gasteiger partial charge in [0, 0.05) is 12.2 Å². The van der Waals surface area contributed by atoms with E-state index in [0.717, 1.165) is 12.1 Å². The Bertz CT molecular complexity index is 847. The molecule has 0 atom stereocenters. The molecule has 2 heterocycles. The van der Waals surface area contributed by atoms with Gasteiger partial charge in [-0.15, -0.1) is 0 Å². The summed E-state index contributed by atoms with van der Waals surface area (Å²) >= 11 is 0. The van der Waals surface area contributed by atoms with Gasteiger partial charge < -0.3 is 4.90 Å². The summed E-state index contributed by atoms with van der Waals surface area (Å²) in [5, 5.41) is 7.53. The molecule has 0 aliphatic carbocycles. The molecular weight excluding hydrogens is 286 g/mol. The lowest BCUT2D eigenvalue weighted by atomic mass is 9.98. The van der Waals surface area contributed by atoms with E-state index in [-0.39, 0.29) is 5.91 Å². The molecule has 0 spiro atoms. The highest BCUT2D eigenvalue weighted by Crippen LogP contribution is 2.36. The van der Waals surface area contributed by atoms with Crippen molar-refractivity contribution in [3.05, 3.63) is 78.1 Å². The largest absolute Gasteiger partial charge is 0.308 e. The van der Waals surface area contributed by atoms with Gasteiger partial charge in [-0.25, -0.2) is 0 Å². The maximum atomic E-state index is 12.7. The van der Waals surface area contributed by atoms with E-state index in [1.54, 1.807) is 12.3 Å². The first-order valence-electron chi connectivity index (χ1n) is 7.60. The summed E-state index contributed by atoms with van der Waals surface area (Å²) in [5.74, 6) is -0.0242. The van der Waals surface area contributed by atoms with Crippen molar-refractivity contribution in [2.75, 3.05) is 11.4 Å². The van der Waals surface area contributed by atoms with Gasteiger partial charge >= 0.3 is 0 Å². The Morgan fingerprint density at radius 2 is 1.83 bits per heavy atom. The average molecular weight is 301 g/mol. The average Bonchev–Trinajstić information content (AvgIpc) is 3.06. The third-order valence-electron chi connectivity index (χ3n) is 4.19. The number of hydrogen-bond acceptors (Lipinski definition) is 3. The molecule has 3 aromatic rings. The zero-order valence-corrected chi connectivity index (χ0v) is 12.5. The van der Waals surface area contributed by atoms with Crippen molar-refractivity contribution < 1.29 is 4.79 Å². The fourth-order valence-electron chi connectivity index (χ4n) is 3.11. The van der Waals surface area contributed by atoms with Gasteiger partial charge in [-0.05, 0) is 35.2 Å². The Hall–Kier alpha value is -3.01. The van der Waals surface area contributed by atoms with Crippen LogP contribution in [0, 0.1) is 0 Å². The lowest BCUT2D eigenvalue weighted by Gasteiger charge is -2.17. The topological polar surface area (TPSA) is 46.1 Å². The van der Waals surface area contributed by atoms with Crippen LogP contribution in [0.1, 0.15) is 15.9 Å². The minimum atomic E-state index is -0.0242. The molecular formula is C19H15N3O. The molecule has 4 heteroatoms. The van der Waals surface area contributed by atoms with Crippen molar-refractivity contribution in [1.82, 2.24) is 10.2 Å². The zero-order valence-electron chi connectivity index (χ0n) is 12.5. The quantitative estimate of drug-likeness (QED) is 0.729. The smallest absolute Gasteiger partial charge is 0.259 e. The fourth-order valence-corrected chi connectivity index (χ4v) is 3.11. The molecule has 1 aliphatic rings. The molecule has 0 saturated carbocycles. The molecule has 1 aliphatic heterocycles. The van der Waals surface area contributed by atoms with Gasteiger partial charge in [0.05, 0.1) is 18.0 Å². The maximum Gasteiger partial charge on any atom is 0.259 e. The van der Waals surface area contributed by atoms with Gasteiger partial charge in [0.25, 0.3) is 5.91 Å². The van der Waals surface area contributed by atoms with Gasteiger partial charge in [-0.3, -0.25) is 4.79 Å². The van der Waals surface area contributed by atoms with E-state index in [1.165, 1.54) is 22.9 Å². The number of carbonyl (C=O) groups excluding carboxylic acids is 1. The summed E-state index contributed by atoms with van der Waals surface area (Å²) in [6, 6.07) is 18.1. The van der Waals surface area contributed by atoms with Crippen molar-refractivity contribution in [3.63, 3.8) is 0 Å². The van der Waals surface area contributed by atoms with E-state index in [2.05, 4.69) is 28.4 Å². The van der Waals surface area contributed by atoms with Crippen LogP contribution in [0.2, 0.25) is 0 Å². The standard InChI is InChI=1S/C19H15N3O/c23-19(15-9-11-20-21-13-15)22-12-10-17-16(7-4-8-18(17)22)14-5-2-1-3-6-14/h1-9,11,13H,10,12H2. The van der Waals surface area contributed by atoms with Crippen LogP contribution in [0.15, 0.2) is 67.0 Å². The molecule has 1 aromatic heterocycles. The highest BCUT2D eigenvalue weighted by Gasteiger charge is 2.27. The first-order valence-corrected chi connectivity index (χ1v) is 7.60. The van der Waals surface area contributed by atoms with Crippen molar-refractivity contribution in [1.29, 1.82) is 0 Å². The second kappa shape index (κ2) is 5.65. The van der Waals surface area contributed by atoms with Crippen LogP contribution < -0.4 is 4.90 Å². The van der Waals surface area contributed by atoms with E-state index in [9.17, 15) is 4.79 Å². The Labute approximate surface area is 134 Å². The van der Waals surface area contributed by atoms with E-state index in [1.807, 2.05) is 35.2 Å². The molecule has 0 saturated heterocycles. The Kier molecular flexibility index (Phi) is 3.35. The number of nitrogens with zero attached hydrogens (tertiary/aromatic N) is 3. The number of aromatic nitrogens is 2. The van der Waals surface area contributed by atoms with Gasteiger partial charge in [-0.1, -0.05) is 42.5 Å². The van der Waals surface area contributed by atoms with Crippen LogP contribution in [-0.4, -0.2) is 22.6 Å². The van der Waals surface area contributed by atoms with Crippen molar-refractivity contribution in [3.8, 4) is 11.1 Å². The van der Waals surface area contributed by atoms with Crippen molar-refractivity contribution in [2.45, 2.75) is 6.42 Å². The Balaban J connectivity index is 1.75. The van der Waals surface area contributed by atoms with Crippen LogP contribution in [0.25, 0.3) is 11.1 Å². The second-order valence-corrected chi connectivity index (χ2v) is 5.51. The second-order valence-electron chi connectivity index (χ2n) is 5.51. The monoisotopic (exact) mass is 301 g/mol. The van der Waals surface area contributed by atoms with Crippen LogP contribution in [0.3, 0.4) is 0 Å². The summed E-state index contributed by atoms with van der Waals surface area (Å²) in [6.07, 6.45) is 3.93. The maximum absolute atomic E-state index is 12.7. The Morgan fingerprint density at radius 3 is 2.61 bits per heavy atom. The third kappa shape index (κ3) is 2.38. The molecule has 112 valence electrons. The van der Waals surface area contributed by atoms with Crippen LogP contribution >= 0.6 is 0 Å². The minimum absolute atomic E-state index is 0.0242. The lowest BCUT2D eigenvalue weighted by molar-refractivity contribution is 0.0989. The van der Waals surface area contributed by atoms with Crippen LogP contribution in [0.5, 0.6) is 0 Å². The summed E-state index contributed by atoms with van der Waals surface area (Å²) in [5.41, 5.74) is 5.18. The molecule has 1 amide bonds. The first-order chi connectivity index (χ1) is 11.3. The number of anilines is 1. The van der Waals surface area contributed by atoms with Gasteiger partial charge in [-0.2, -0.15) is 10.2 Å². The zero-order chi connectivity index (χ0) is 15.6. The summed E-state index contributed by atoms with van der Waals surface area (Å²) in [6.45, 7) is 0.695. The normalized spacial score (nSPS) is 13.0. The number of amides is 1. The molecule has 4 rings (SSSR count). The number of rotatable bonds is 2. The highest BCUT2D eigenvalue weighted by atomic mass is 16.2. The van der Waals surface area contributed by atoms with Gasteiger partial charge in [0.2, 0.25) is 0 Å². The van der Waals surface area contributed by atoms with Crippen LogP contribution in [-0.2, 0) is 6.42 Å². The molecule has 0 fully saturated rings. The first kappa shape index (κ1) is 13.6. The highest BCUT2D eigenvalue weighted by molar-refractivity contribution is 6.07. The minimum Gasteiger partial charge on any atom is -0.308 e. The van der Waals surface area contributed by atoms with E-state index in [4.69, 9.17) is 0 Å². The molecule has 0 radical (unpaired) electrons.